The average molecular weight is 311 g/mol. The SMILES string of the molecule is CCc1nn(CC)c(Cn2cc(CNC(C)C)nn2)c1Cl. The first-order chi connectivity index (χ1) is 10.0. The molecular formula is C14H23ClN6. The molecule has 6 nitrogen and oxygen atoms in total. The summed E-state index contributed by atoms with van der Waals surface area (Å²) in [5.74, 6) is 0. The number of halogens is 1. The van der Waals surface area contributed by atoms with Crippen LogP contribution in [0.4, 0.5) is 0 Å². The van der Waals surface area contributed by atoms with E-state index in [4.69, 9.17) is 11.6 Å². The zero-order valence-corrected chi connectivity index (χ0v) is 13.9. The van der Waals surface area contributed by atoms with Gasteiger partial charge < -0.3 is 5.32 Å². The van der Waals surface area contributed by atoms with Gasteiger partial charge in [-0.1, -0.05) is 37.6 Å². The standard InChI is InChI=1S/C14H23ClN6/c1-5-12-14(15)13(21(6-2)18-12)9-20-8-11(17-19-20)7-16-10(3)4/h8,10,16H,5-7,9H2,1-4H3. The highest BCUT2D eigenvalue weighted by Crippen LogP contribution is 2.22. The molecule has 0 aliphatic carbocycles. The van der Waals surface area contributed by atoms with Crippen molar-refractivity contribution in [3.05, 3.63) is 28.3 Å². The molecule has 0 atom stereocenters. The van der Waals surface area contributed by atoms with Crippen molar-refractivity contribution in [2.75, 3.05) is 0 Å². The molecule has 0 radical (unpaired) electrons. The lowest BCUT2D eigenvalue weighted by Crippen LogP contribution is -2.21. The molecule has 2 rings (SSSR count). The summed E-state index contributed by atoms with van der Waals surface area (Å²) in [6.45, 7) is 10.4. The van der Waals surface area contributed by atoms with Gasteiger partial charge in [0.05, 0.1) is 34.8 Å². The van der Waals surface area contributed by atoms with Gasteiger partial charge in [0, 0.05) is 19.1 Å². The second-order valence-corrected chi connectivity index (χ2v) is 5.70. The van der Waals surface area contributed by atoms with Crippen molar-refractivity contribution in [1.82, 2.24) is 30.1 Å². The van der Waals surface area contributed by atoms with Crippen LogP contribution in [0.1, 0.15) is 44.8 Å². The van der Waals surface area contributed by atoms with E-state index in [2.05, 4.69) is 48.4 Å². The van der Waals surface area contributed by atoms with Crippen LogP contribution in [0.25, 0.3) is 0 Å². The fourth-order valence-corrected chi connectivity index (χ4v) is 2.46. The monoisotopic (exact) mass is 310 g/mol. The van der Waals surface area contributed by atoms with Crippen LogP contribution < -0.4 is 5.32 Å². The van der Waals surface area contributed by atoms with Gasteiger partial charge in [0.1, 0.15) is 0 Å². The minimum atomic E-state index is 0.429. The van der Waals surface area contributed by atoms with Crippen molar-refractivity contribution in [3.8, 4) is 0 Å². The summed E-state index contributed by atoms with van der Waals surface area (Å²) in [5, 5.41) is 16.9. The molecule has 2 aromatic rings. The van der Waals surface area contributed by atoms with E-state index in [0.717, 1.165) is 41.6 Å². The fourth-order valence-electron chi connectivity index (χ4n) is 2.13. The zero-order valence-electron chi connectivity index (χ0n) is 13.1. The van der Waals surface area contributed by atoms with Crippen molar-refractivity contribution in [2.45, 2.75) is 59.8 Å². The van der Waals surface area contributed by atoms with Gasteiger partial charge in [-0.25, -0.2) is 4.68 Å². The minimum absolute atomic E-state index is 0.429. The molecular weight excluding hydrogens is 288 g/mol. The summed E-state index contributed by atoms with van der Waals surface area (Å²) in [6, 6.07) is 0.429. The van der Waals surface area contributed by atoms with Crippen LogP contribution in [0, 0.1) is 0 Å². The molecule has 0 saturated carbocycles. The molecule has 2 aromatic heterocycles. The molecule has 0 saturated heterocycles. The first kappa shape index (κ1) is 16.0. The summed E-state index contributed by atoms with van der Waals surface area (Å²) >= 11 is 6.41. The Bertz CT molecular complexity index is 586. The van der Waals surface area contributed by atoms with E-state index in [0.29, 0.717) is 12.6 Å². The maximum atomic E-state index is 6.41. The first-order valence-corrected chi connectivity index (χ1v) is 7.79. The lowest BCUT2D eigenvalue weighted by molar-refractivity contribution is 0.563. The maximum absolute atomic E-state index is 6.41. The Kier molecular flexibility index (Phi) is 5.36. The lowest BCUT2D eigenvalue weighted by Gasteiger charge is -2.05. The van der Waals surface area contributed by atoms with Crippen LogP contribution in [0.3, 0.4) is 0 Å². The molecule has 0 aromatic carbocycles. The number of nitrogens with zero attached hydrogens (tertiary/aromatic N) is 5. The first-order valence-electron chi connectivity index (χ1n) is 7.41. The predicted molar refractivity (Wildman–Crippen MR) is 83.4 cm³/mol. The van der Waals surface area contributed by atoms with Crippen LogP contribution in [-0.2, 0) is 26.1 Å². The molecule has 0 amide bonds. The van der Waals surface area contributed by atoms with Gasteiger partial charge in [0.2, 0.25) is 0 Å². The molecule has 0 fully saturated rings. The van der Waals surface area contributed by atoms with E-state index in [1.165, 1.54) is 0 Å². The van der Waals surface area contributed by atoms with Crippen molar-refractivity contribution in [3.63, 3.8) is 0 Å². The van der Waals surface area contributed by atoms with Crippen molar-refractivity contribution < 1.29 is 0 Å². The number of rotatable bonds is 7. The second kappa shape index (κ2) is 7.04. The van der Waals surface area contributed by atoms with E-state index in [9.17, 15) is 0 Å². The summed E-state index contributed by atoms with van der Waals surface area (Å²) in [5.41, 5.74) is 2.86. The highest BCUT2D eigenvalue weighted by atomic mass is 35.5. The Hall–Kier alpha value is -1.40. The average Bonchev–Trinajstić information content (AvgIpc) is 3.03. The summed E-state index contributed by atoms with van der Waals surface area (Å²) in [7, 11) is 0. The highest BCUT2D eigenvalue weighted by Gasteiger charge is 2.15. The third-order valence-corrected chi connectivity index (χ3v) is 3.72. The number of aromatic nitrogens is 5. The van der Waals surface area contributed by atoms with Crippen molar-refractivity contribution in [2.24, 2.45) is 0 Å². The van der Waals surface area contributed by atoms with E-state index in [-0.39, 0.29) is 0 Å². The molecule has 0 bridgehead atoms. The Balaban J connectivity index is 2.13. The van der Waals surface area contributed by atoms with Crippen LogP contribution >= 0.6 is 11.6 Å². The van der Waals surface area contributed by atoms with Gasteiger partial charge in [-0.2, -0.15) is 5.10 Å². The molecule has 0 aliphatic rings. The Morgan fingerprint density at radius 1 is 1.33 bits per heavy atom. The number of aryl methyl sites for hydroxylation is 2. The van der Waals surface area contributed by atoms with E-state index in [1.54, 1.807) is 0 Å². The predicted octanol–water partition coefficient (Wildman–Crippen LogP) is 2.26. The molecule has 0 spiro atoms. The van der Waals surface area contributed by atoms with Crippen molar-refractivity contribution in [1.29, 1.82) is 0 Å². The van der Waals surface area contributed by atoms with Crippen LogP contribution in [0.5, 0.6) is 0 Å². The molecule has 21 heavy (non-hydrogen) atoms. The van der Waals surface area contributed by atoms with Gasteiger partial charge in [0.25, 0.3) is 0 Å². The molecule has 1 N–H and O–H groups in total. The highest BCUT2D eigenvalue weighted by molar-refractivity contribution is 6.31. The lowest BCUT2D eigenvalue weighted by atomic mass is 10.3. The van der Waals surface area contributed by atoms with E-state index >= 15 is 0 Å². The van der Waals surface area contributed by atoms with Crippen LogP contribution in [0.2, 0.25) is 5.02 Å². The number of nitrogens with one attached hydrogen (secondary N) is 1. The molecule has 0 unspecified atom stereocenters. The van der Waals surface area contributed by atoms with Crippen LogP contribution in [0.15, 0.2) is 6.20 Å². The molecule has 7 heteroatoms. The van der Waals surface area contributed by atoms with Crippen molar-refractivity contribution >= 4 is 11.6 Å². The van der Waals surface area contributed by atoms with Gasteiger partial charge >= 0.3 is 0 Å². The third-order valence-electron chi connectivity index (χ3n) is 3.28. The minimum Gasteiger partial charge on any atom is -0.309 e. The molecule has 116 valence electrons. The second-order valence-electron chi connectivity index (χ2n) is 5.32. The van der Waals surface area contributed by atoms with Gasteiger partial charge in [-0.05, 0) is 13.3 Å². The largest absolute Gasteiger partial charge is 0.309 e. The third kappa shape index (κ3) is 3.83. The van der Waals surface area contributed by atoms with Gasteiger partial charge in [-0.3, -0.25) is 4.68 Å². The molecule has 0 aliphatic heterocycles. The number of hydrogen-bond acceptors (Lipinski definition) is 4. The summed E-state index contributed by atoms with van der Waals surface area (Å²) in [4.78, 5) is 0. The Morgan fingerprint density at radius 3 is 2.71 bits per heavy atom. The van der Waals surface area contributed by atoms with E-state index < -0.39 is 0 Å². The fraction of sp³-hybridized carbons (Fsp3) is 0.643. The quantitative estimate of drug-likeness (QED) is 0.852. The maximum Gasteiger partial charge on any atom is 0.0965 e. The smallest absolute Gasteiger partial charge is 0.0965 e. The zero-order chi connectivity index (χ0) is 15.4. The van der Waals surface area contributed by atoms with E-state index in [1.807, 2.05) is 15.6 Å². The number of hydrogen-bond donors (Lipinski definition) is 1. The van der Waals surface area contributed by atoms with Gasteiger partial charge in [0.15, 0.2) is 0 Å². The van der Waals surface area contributed by atoms with Crippen LogP contribution in [-0.4, -0.2) is 30.8 Å². The Labute approximate surface area is 130 Å². The summed E-state index contributed by atoms with van der Waals surface area (Å²) in [6.07, 6.45) is 2.78. The van der Waals surface area contributed by atoms with Gasteiger partial charge in [-0.15, -0.1) is 5.10 Å². The molecule has 2 heterocycles. The summed E-state index contributed by atoms with van der Waals surface area (Å²) < 4.78 is 3.75. The normalized spacial score (nSPS) is 11.5. The topological polar surface area (TPSA) is 60.6 Å². The Morgan fingerprint density at radius 2 is 2.10 bits per heavy atom.